The molecular formula is C11H18ClNO3. The molecule has 0 aliphatic carbocycles. The van der Waals surface area contributed by atoms with Gasteiger partial charge in [0.15, 0.2) is 0 Å². The molecule has 1 fully saturated rings. The molecule has 0 spiro atoms. The Kier molecular flexibility index (Phi) is 5.06. The van der Waals surface area contributed by atoms with Crippen LogP contribution in [0.2, 0.25) is 0 Å². The molecule has 5 heteroatoms. The van der Waals surface area contributed by atoms with Crippen LogP contribution in [0, 0.1) is 11.8 Å². The van der Waals surface area contributed by atoms with Gasteiger partial charge >= 0.3 is 5.97 Å². The van der Waals surface area contributed by atoms with Crippen LogP contribution in [0.3, 0.4) is 0 Å². The fourth-order valence-corrected chi connectivity index (χ4v) is 2.01. The number of carbonyl (C=O) groups is 2. The zero-order valence-electron chi connectivity index (χ0n) is 9.74. The molecule has 92 valence electrons. The van der Waals surface area contributed by atoms with Crippen molar-refractivity contribution in [2.75, 3.05) is 26.1 Å². The summed E-state index contributed by atoms with van der Waals surface area (Å²) in [5.41, 5.74) is 0. The Morgan fingerprint density at radius 1 is 1.44 bits per heavy atom. The first-order valence-electron chi connectivity index (χ1n) is 5.52. The zero-order chi connectivity index (χ0) is 12.1. The lowest BCUT2D eigenvalue weighted by Crippen LogP contribution is -2.43. The molecule has 1 unspecified atom stereocenters. The lowest BCUT2D eigenvalue weighted by atomic mass is 9.96. The number of esters is 1. The van der Waals surface area contributed by atoms with Crippen LogP contribution in [0.15, 0.2) is 0 Å². The minimum absolute atomic E-state index is 0.0552. The van der Waals surface area contributed by atoms with Gasteiger partial charge in [0.1, 0.15) is 0 Å². The van der Waals surface area contributed by atoms with Crippen LogP contribution in [0.4, 0.5) is 0 Å². The zero-order valence-corrected chi connectivity index (χ0v) is 10.5. The minimum atomic E-state index is -0.169. The van der Waals surface area contributed by atoms with E-state index in [-0.39, 0.29) is 23.7 Å². The molecule has 1 rings (SSSR count). The van der Waals surface area contributed by atoms with Gasteiger partial charge in [-0.25, -0.2) is 0 Å². The van der Waals surface area contributed by atoms with Gasteiger partial charge in [0, 0.05) is 24.9 Å². The van der Waals surface area contributed by atoms with Crippen molar-refractivity contribution in [1.29, 1.82) is 0 Å². The molecule has 0 aromatic heterocycles. The smallest absolute Gasteiger partial charge is 0.308 e. The van der Waals surface area contributed by atoms with E-state index in [1.807, 2.05) is 6.92 Å². The number of alkyl halides is 1. The van der Waals surface area contributed by atoms with Crippen molar-refractivity contribution in [3.8, 4) is 0 Å². The van der Waals surface area contributed by atoms with E-state index in [1.54, 1.807) is 4.90 Å². The summed E-state index contributed by atoms with van der Waals surface area (Å²) < 4.78 is 4.69. The van der Waals surface area contributed by atoms with Crippen molar-refractivity contribution in [2.45, 2.75) is 19.8 Å². The fourth-order valence-electron chi connectivity index (χ4n) is 1.88. The number of methoxy groups -OCH3 is 1. The molecule has 0 aromatic rings. The molecule has 0 bridgehead atoms. The van der Waals surface area contributed by atoms with Crippen LogP contribution in [0.5, 0.6) is 0 Å². The predicted molar refractivity (Wildman–Crippen MR) is 61.2 cm³/mol. The SMILES string of the molecule is COC(=O)C1CCN(C(=O)C(C)CCl)CC1. The number of nitrogens with zero attached hydrogens (tertiary/aromatic N) is 1. The van der Waals surface area contributed by atoms with Crippen LogP contribution in [0.25, 0.3) is 0 Å². The summed E-state index contributed by atoms with van der Waals surface area (Å²) in [6.45, 7) is 3.07. The third-order valence-electron chi connectivity index (χ3n) is 2.99. The Labute approximate surface area is 101 Å². The van der Waals surface area contributed by atoms with E-state index in [4.69, 9.17) is 16.3 Å². The van der Waals surface area contributed by atoms with Crippen molar-refractivity contribution in [3.63, 3.8) is 0 Å². The predicted octanol–water partition coefficient (Wildman–Crippen LogP) is 1.27. The fraction of sp³-hybridized carbons (Fsp3) is 0.818. The summed E-state index contributed by atoms with van der Waals surface area (Å²) in [6, 6.07) is 0. The Hall–Kier alpha value is -0.770. The molecule has 1 saturated heterocycles. The Morgan fingerprint density at radius 2 is 2.00 bits per heavy atom. The Balaban J connectivity index is 2.43. The molecule has 1 heterocycles. The number of ether oxygens (including phenoxy) is 1. The Bertz CT molecular complexity index is 262. The van der Waals surface area contributed by atoms with Gasteiger partial charge in [0.25, 0.3) is 0 Å². The van der Waals surface area contributed by atoms with Crippen molar-refractivity contribution in [2.24, 2.45) is 11.8 Å². The molecule has 0 aromatic carbocycles. The normalized spacial score (nSPS) is 19.3. The first-order valence-corrected chi connectivity index (χ1v) is 6.06. The molecule has 1 aliphatic heterocycles. The number of rotatable bonds is 3. The third kappa shape index (κ3) is 3.11. The second kappa shape index (κ2) is 6.09. The lowest BCUT2D eigenvalue weighted by molar-refractivity contribution is -0.149. The van der Waals surface area contributed by atoms with Gasteiger partial charge in [-0.15, -0.1) is 11.6 Å². The highest BCUT2D eigenvalue weighted by Gasteiger charge is 2.29. The molecule has 1 atom stereocenters. The number of hydrogen-bond donors (Lipinski definition) is 0. The average Bonchev–Trinajstić information content (AvgIpc) is 2.36. The Morgan fingerprint density at radius 3 is 2.44 bits per heavy atom. The second-order valence-electron chi connectivity index (χ2n) is 4.18. The number of piperidine rings is 1. The topological polar surface area (TPSA) is 46.6 Å². The van der Waals surface area contributed by atoms with Gasteiger partial charge in [0.05, 0.1) is 13.0 Å². The van der Waals surface area contributed by atoms with Gasteiger partial charge in [0.2, 0.25) is 5.91 Å². The maximum Gasteiger partial charge on any atom is 0.308 e. The molecule has 0 saturated carbocycles. The maximum absolute atomic E-state index is 11.8. The first kappa shape index (κ1) is 13.3. The van der Waals surface area contributed by atoms with Gasteiger partial charge < -0.3 is 9.64 Å². The van der Waals surface area contributed by atoms with Gasteiger partial charge in [-0.3, -0.25) is 9.59 Å². The minimum Gasteiger partial charge on any atom is -0.469 e. The molecule has 16 heavy (non-hydrogen) atoms. The number of amides is 1. The summed E-state index contributed by atoms with van der Waals surface area (Å²) in [5.74, 6) is 0.0583. The van der Waals surface area contributed by atoms with Crippen molar-refractivity contribution < 1.29 is 14.3 Å². The molecule has 0 N–H and O–H groups in total. The summed E-state index contributed by atoms with van der Waals surface area (Å²) in [6.07, 6.45) is 1.38. The average molecular weight is 248 g/mol. The number of hydrogen-bond acceptors (Lipinski definition) is 3. The van der Waals surface area contributed by atoms with Crippen LogP contribution < -0.4 is 0 Å². The first-order chi connectivity index (χ1) is 7.60. The highest BCUT2D eigenvalue weighted by Crippen LogP contribution is 2.20. The highest BCUT2D eigenvalue weighted by molar-refractivity contribution is 6.19. The molecule has 0 radical (unpaired) electrons. The summed E-state index contributed by atoms with van der Waals surface area (Å²) in [7, 11) is 1.40. The maximum atomic E-state index is 11.8. The standard InChI is InChI=1S/C11H18ClNO3/c1-8(7-12)10(14)13-5-3-9(4-6-13)11(15)16-2/h8-9H,3-7H2,1-2H3. The highest BCUT2D eigenvalue weighted by atomic mass is 35.5. The molecule has 1 aliphatic rings. The molecular weight excluding hydrogens is 230 g/mol. The van der Waals surface area contributed by atoms with E-state index in [2.05, 4.69) is 0 Å². The van der Waals surface area contributed by atoms with Gasteiger partial charge in [-0.05, 0) is 12.8 Å². The summed E-state index contributed by atoms with van der Waals surface area (Å²) in [4.78, 5) is 24.9. The van der Waals surface area contributed by atoms with E-state index in [0.717, 1.165) is 0 Å². The van der Waals surface area contributed by atoms with Gasteiger partial charge in [-0.1, -0.05) is 6.92 Å². The largest absolute Gasteiger partial charge is 0.469 e. The van der Waals surface area contributed by atoms with Gasteiger partial charge in [-0.2, -0.15) is 0 Å². The third-order valence-corrected chi connectivity index (χ3v) is 3.46. The number of halogens is 1. The van der Waals surface area contributed by atoms with Crippen molar-refractivity contribution in [3.05, 3.63) is 0 Å². The van der Waals surface area contributed by atoms with E-state index >= 15 is 0 Å². The molecule has 1 amide bonds. The summed E-state index contributed by atoms with van der Waals surface area (Å²) in [5, 5.41) is 0. The number of likely N-dealkylation sites (tertiary alicyclic amines) is 1. The van der Waals surface area contributed by atoms with Crippen LogP contribution in [0.1, 0.15) is 19.8 Å². The monoisotopic (exact) mass is 247 g/mol. The van der Waals surface area contributed by atoms with E-state index in [9.17, 15) is 9.59 Å². The molecule has 4 nitrogen and oxygen atoms in total. The van der Waals surface area contributed by atoms with E-state index in [1.165, 1.54) is 7.11 Å². The van der Waals surface area contributed by atoms with Crippen LogP contribution in [-0.2, 0) is 14.3 Å². The van der Waals surface area contributed by atoms with Crippen molar-refractivity contribution >= 4 is 23.5 Å². The van der Waals surface area contributed by atoms with E-state index in [0.29, 0.717) is 31.8 Å². The number of carbonyl (C=O) groups excluding carboxylic acids is 2. The van der Waals surface area contributed by atoms with Crippen molar-refractivity contribution in [1.82, 2.24) is 4.90 Å². The van der Waals surface area contributed by atoms with Crippen LogP contribution in [-0.4, -0.2) is 42.9 Å². The quantitative estimate of drug-likeness (QED) is 0.558. The second-order valence-corrected chi connectivity index (χ2v) is 4.49. The lowest BCUT2D eigenvalue weighted by Gasteiger charge is -2.32. The van der Waals surface area contributed by atoms with Crippen LogP contribution >= 0.6 is 11.6 Å². The van der Waals surface area contributed by atoms with E-state index < -0.39 is 0 Å². The summed E-state index contributed by atoms with van der Waals surface area (Å²) >= 11 is 5.65.